The zero-order valence-electron chi connectivity index (χ0n) is 20.4. The van der Waals surface area contributed by atoms with Gasteiger partial charge in [-0.1, -0.05) is 19.4 Å². The minimum atomic E-state index is -9.78. The fourth-order valence-corrected chi connectivity index (χ4v) is 5.31. The number of carbonyl (C=O) groups excluding carboxylic acids is 2. The molecule has 0 N–H and O–H groups in total. The summed E-state index contributed by atoms with van der Waals surface area (Å²) in [5.41, 5.74) is 2.18. The molecule has 37 heavy (non-hydrogen) atoms. The number of hydrogen-bond acceptors (Lipinski definition) is 4. The van der Waals surface area contributed by atoms with Gasteiger partial charge in [-0.05, 0) is 67.6 Å². The number of methoxy groups -OCH3 is 1. The molecule has 2 aromatic carbocycles. The minimum absolute atomic E-state index is 0.0442. The van der Waals surface area contributed by atoms with Crippen LogP contribution in [0.15, 0.2) is 47.5 Å². The Morgan fingerprint density at radius 1 is 1.08 bits per heavy atom. The van der Waals surface area contributed by atoms with E-state index in [0.29, 0.717) is 51.1 Å². The second-order valence-electron chi connectivity index (χ2n) is 9.44. The lowest BCUT2D eigenvalue weighted by Gasteiger charge is -2.40. The lowest BCUT2D eigenvalue weighted by atomic mass is 9.99. The van der Waals surface area contributed by atoms with Crippen molar-refractivity contribution in [2.24, 2.45) is 5.92 Å². The number of ketones is 1. The Balaban J connectivity index is 1.41. The average Bonchev–Trinajstić information content (AvgIpc) is 3.45. The van der Waals surface area contributed by atoms with E-state index in [4.69, 9.17) is 4.74 Å². The summed E-state index contributed by atoms with van der Waals surface area (Å²) in [6, 6.07) is 5.69. The van der Waals surface area contributed by atoms with Gasteiger partial charge in [-0.25, -0.2) is 0 Å². The molecule has 0 unspecified atom stereocenters. The number of nitrogens with zero attached hydrogens (tertiary/aromatic N) is 3. The predicted octanol–water partition coefficient (Wildman–Crippen LogP) is 6.77. The fraction of sp³-hybridized carbons (Fsp3) is 0.400. The molecule has 6 nitrogen and oxygen atoms in total. The van der Waals surface area contributed by atoms with Gasteiger partial charge in [0.15, 0.2) is 5.78 Å². The number of aromatic nitrogens is 2. The lowest BCUT2D eigenvalue weighted by molar-refractivity contribution is 0.0785. The summed E-state index contributed by atoms with van der Waals surface area (Å²) in [5.74, 6) is -0.408. The molecule has 0 aliphatic carbocycles. The predicted molar refractivity (Wildman–Crippen MR) is 132 cm³/mol. The third-order valence-corrected chi connectivity index (χ3v) is 7.79. The van der Waals surface area contributed by atoms with Crippen LogP contribution < -0.4 is 0 Å². The van der Waals surface area contributed by atoms with Crippen molar-refractivity contribution in [3.8, 4) is 0 Å². The molecule has 12 heteroatoms. The molecule has 0 bridgehead atoms. The number of hydrogen-bond donors (Lipinski definition) is 0. The van der Waals surface area contributed by atoms with Crippen molar-refractivity contribution in [3.05, 3.63) is 59.3 Å². The molecule has 4 rings (SSSR count). The van der Waals surface area contributed by atoms with E-state index in [1.807, 2.05) is 19.2 Å². The van der Waals surface area contributed by atoms with Crippen LogP contribution in [0.4, 0.5) is 19.4 Å². The van der Waals surface area contributed by atoms with Crippen LogP contribution in [-0.4, -0.2) is 53.2 Å². The van der Waals surface area contributed by atoms with Gasteiger partial charge in [0.05, 0.1) is 5.52 Å². The molecule has 202 valence electrons. The Kier molecular flexibility index (Phi) is 6.64. The number of ether oxygens (including phenoxy) is 1. The maximum Gasteiger partial charge on any atom is 0.310 e. The number of Topliss-reactive ketones (excluding diaryl/α,β-unsaturated/α-hetero) is 1. The van der Waals surface area contributed by atoms with E-state index in [1.165, 1.54) is 4.90 Å². The van der Waals surface area contributed by atoms with Crippen LogP contribution in [0.3, 0.4) is 0 Å². The Labute approximate surface area is 211 Å². The molecule has 1 aliphatic heterocycles. The first kappa shape index (κ1) is 27.1. The summed E-state index contributed by atoms with van der Waals surface area (Å²) in [7, 11) is -8.19. The first-order valence-corrected chi connectivity index (χ1v) is 13.7. The number of amides is 1. The van der Waals surface area contributed by atoms with E-state index in [9.17, 15) is 29.0 Å². The maximum atomic E-state index is 12.9. The van der Waals surface area contributed by atoms with Crippen molar-refractivity contribution in [2.45, 2.75) is 37.6 Å². The topological polar surface area (TPSA) is 64.4 Å². The number of halogens is 5. The van der Waals surface area contributed by atoms with E-state index in [2.05, 4.69) is 5.10 Å². The molecule has 1 aromatic heterocycles. The molecule has 1 fully saturated rings. The van der Waals surface area contributed by atoms with Crippen molar-refractivity contribution >= 4 is 32.8 Å². The van der Waals surface area contributed by atoms with E-state index >= 15 is 0 Å². The zero-order valence-corrected chi connectivity index (χ0v) is 21.2. The highest BCUT2D eigenvalue weighted by atomic mass is 32.5. The van der Waals surface area contributed by atoms with Crippen molar-refractivity contribution in [1.82, 2.24) is 14.7 Å². The Bertz CT molecular complexity index is 1340. The number of rotatable bonds is 9. The molecule has 1 aliphatic rings. The van der Waals surface area contributed by atoms with Gasteiger partial charge in [-0.2, -0.15) is 5.10 Å². The van der Waals surface area contributed by atoms with Crippen LogP contribution in [0, 0.1) is 12.8 Å². The van der Waals surface area contributed by atoms with Crippen molar-refractivity contribution < 1.29 is 33.8 Å². The van der Waals surface area contributed by atoms with Crippen LogP contribution in [0.1, 0.15) is 45.5 Å². The quantitative estimate of drug-likeness (QED) is 0.169. The number of fused-ring (bicyclic) bond motifs is 1. The summed E-state index contributed by atoms with van der Waals surface area (Å²) >= 11 is 0. The van der Waals surface area contributed by atoms with E-state index in [-0.39, 0.29) is 29.4 Å². The van der Waals surface area contributed by atoms with Gasteiger partial charge in [0.25, 0.3) is 5.91 Å². The third kappa shape index (κ3) is 6.12. The Morgan fingerprint density at radius 3 is 2.43 bits per heavy atom. The molecule has 1 saturated heterocycles. The highest BCUT2D eigenvalue weighted by Crippen LogP contribution is 3.02. The standard InChI is InChI=1S/C25H28F5N3O3S/c1-17-21(24(34)4-3-13-36-2)9-10-23-22(17)16-33(31-23)15-18-11-12-32(14-18)25(35)19-5-7-20(8-6-19)37(26,27,28,29)30/h5-10,16,18H,3-4,11-15H2,1-2H3/t18-/m1/s1. The summed E-state index contributed by atoms with van der Waals surface area (Å²) in [6.45, 7) is 3.67. The van der Waals surface area contributed by atoms with Crippen molar-refractivity contribution in [2.75, 3.05) is 26.8 Å². The van der Waals surface area contributed by atoms with E-state index in [1.54, 1.807) is 17.9 Å². The highest BCUT2D eigenvalue weighted by molar-refractivity contribution is 8.45. The van der Waals surface area contributed by atoms with Gasteiger partial charge >= 0.3 is 10.2 Å². The molecule has 1 amide bonds. The van der Waals surface area contributed by atoms with Crippen LogP contribution in [-0.2, 0) is 11.3 Å². The summed E-state index contributed by atoms with van der Waals surface area (Å²) in [4.78, 5) is 24.8. The van der Waals surface area contributed by atoms with Crippen LogP contribution in [0.5, 0.6) is 0 Å². The van der Waals surface area contributed by atoms with Gasteiger partial charge < -0.3 is 9.64 Å². The van der Waals surface area contributed by atoms with Gasteiger partial charge in [0, 0.05) is 62.5 Å². The maximum absolute atomic E-state index is 12.9. The molecular weight excluding hydrogens is 517 g/mol. The van der Waals surface area contributed by atoms with Crippen LogP contribution >= 0.6 is 10.2 Å². The number of likely N-dealkylation sites (tertiary alicyclic amines) is 1. The van der Waals surface area contributed by atoms with Crippen LogP contribution in [0.25, 0.3) is 10.9 Å². The monoisotopic (exact) mass is 545 g/mol. The summed E-state index contributed by atoms with van der Waals surface area (Å²) in [5, 5.41) is 5.46. The zero-order chi connectivity index (χ0) is 27.1. The van der Waals surface area contributed by atoms with E-state index < -0.39 is 21.0 Å². The molecule has 0 spiro atoms. The van der Waals surface area contributed by atoms with Gasteiger partial charge in [0.1, 0.15) is 4.90 Å². The summed E-state index contributed by atoms with van der Waals surface area (Å²) < 4.78 is 71.5. The molecule has 1 atom stereocenters. The van der Waals surface area contributed by atoms with Crippen molar-refractivity contribution in [3.63, 3.8) is 0 Å². The molecule has 3 aromatic rings. The SMILES string of the molecule is COCCCC(=O)c1ccc2nn(C[C@@H]3CCN(C(=O)c4ccc(S(F)(F)(F)(F)F)cc4)C3)cc2c1C. The van der Waals surface area contributed by atoms with E-state index in [0.717, 1.165) is 28.6 Å². The molecular formula is C25H28F5N3O3S. The first-order valence-electron chi connectivity index (χ1n) is 11.8. The fourth-order valence-electron chi connectivity index (χ4n) is 4.66. The highest BCUT2D eigenvalue weighted by Gasteiger charge is 2.65. The normalized spacial score (nSPS) is 18.1. The molecule has 0 radical (unpaired) electrons. The first-order chi connectivity index (χ1) is 17.2. The molecule has 2 heterocycles. The number of benzene rings is 2. The lowest BCUT2D eigenvalue weighted by Crippen LogP contribution is -2.29. The van der Waals surface area contributed by atoms with Gasteiger partial charge in [-0.15, -0.1) is 0 Å². The van der Waals surface area contributed by atoms with Crippen LogP contribution in [0.2, 0.25) is 0 Å². The number of carbonyl (C=O) groups is 2. The third-order valence-electron chi connectivity index (χ3n) is 6.62. The molecule has 0 saturated carbocycles. The minimum Gasteiger partial charge on any atom is -0.385 e. The second kappa shape index (κ2) is 9.09. The Hall–Kier alpha value is -2.99. The number of aryl methyl sites for hydroxylation is 1. The second-order valence-corrected chi connectivity index (χ2v) is 11.9. The average molecular weight is 546 g/mol. The van der Waals surface area contributed by atoms with Gasteiger partial charge in [-0.3, -0.25) is 14.3 Å². The largest absolute Gasteiger partial charge is 0.385 e. The van der Waals surface area contributed by atoms with Gasteiger partial charge in [0.2, 0.25) is 0 Å². The Morgan fingerprint density at radius 2 is 1.78 bits per heavy atom. The smallest absolute Gasteiger partial charge is 0.310 e. The van der Waals surface area contributed by atoms with Crippen molar-refractivity contribution in [1.29, 1.82) is 0 Å². The summed E-state index contributed by atoms with van der Waals surface area (Å²) in [6.07, 6.45) is 3.57.